The van der Waals surface area contributed by atoms with Crippen LogP contribution < -0.4 is 5.43 Å². The van der Waals surface area contributed by atoms with E-state index in [1.54, 1.807) is 12.1 Å². The van der Waals surface area contributed by atoms with E-state index in [-0.39, 0.29) is 11.4 Å². The van der Waals surface area contributed by atoms with Crippen molar-refractivity contribution in [2.24, 2.45) is 0 Å². The molecule has 0 aliphatic rings. The van der Waals surface area contributed by atoms with Crippen molar-refractivity contribution in [3.63, 3.8) is 0 Å². The molecule has 0 unspecified atom stereocenters. The number of hydrogen-bond donors (Lipinski definition) is 0. The van der Waals surface area contributed by atoms with Gasteiger partial charge in [-0.3, -0.25) is 4.79 Å². The molecule has 0 fully saturated rings. The van der Waals surface area contributed by atoms with Crippen LogP contribution in [0.5, 0.6) is 0 Å². The Labute approximate surface area is 119 Å². The van der Waals surface area contributed by atoms with Crippen molar-refractivity contribution in [1.82, 2.24) is 0 Å². The lowest BCUT2D eigenvalue weighted by Crippen LogP contribution is -2.06. The minimum Gasteiger partial charge on any atom is -0.465 e. The van der Waals surface area contributed by atoms with Crippen molar-refractivity contribution in [1.29, 1.82) is 0 Å². The number of benzene rings is 2. The summed E-state index contributed by atoms with van der Waals surface area (Å²) in [5.41, 5.74) is 1.27. The van der Waals surface area contributed by atoms with Gasteiger partial charge in [-0.15, -0.1) is 11.3 Å². The Morgan fingerprint density at radius 3 is 2.60 bits per heavy atom. The summed E-state index contributed by atoms with van der Waals surface area (Å²) >= 11 is 1.51. The van der Waals surface area contributed by atoms with Gasteiger partial charge >= 0.3 is 5.97 Å². The molecule has 0 atom stereocenters. The van der Waals surface area contributed by atoms with E-state index in [1.165, 1.54) is 18.4 Å². The monoisotopic (exact) mass is 284 g/mol. The van der Waals surface area contributed by atoms with Gasteiger partial charge in [0.25, 0.3) is 0 Å². The maximum Gasteiger partial charge on any atom is 0.338 e. The zero-order chi connectivity index (χ0) is 14.3. The van der Waals surface area contributed by atoms with E-state index in [9.17, 15) is 9.59 Å². The van der Waals surface area contributed by atoms with Crippen LogP contribution in [-0.4, -0.2) is 13.1 Å². The van der Waals surface area contributed by atoms with E-state index < -0.39 is 0 Å². The zero-order valence-electron chi connectivity index (χ0n) is 11.1. The fourth-order valence-electron chi connectivity index (χ4n) is 2.29. The highest BCUT2D eigenvalue weighted by Gasteiger charge is 2.13. The Balaban J connectivity index is 2.44. The molecule has 0 saturated heterocycles. The maximum atomic E-state index is 12.5. The Morgan fingerprint density at radius 1 is 1.10 bits per heavy atom. The van der Waals surface area contributed by atoms with Crippen LogP contribution in [0.2, 0.25) is 0 Å². The van der Waals surface area contributed by atoms with Crippen LogP contribution in [-0.2, 0) is 4.74 Å². The number of ether oxygens (including phenoxy) is 1. The molecule has 0 amide bonds. The maximum absolute atomic E-state index is 12.5. The van der Waals surface area contributed by atoms with E-state index >= 15 is 0 Å². The van der Waals surface area contributed by atoms with E-state index in [0.717, 1.165) is 20.3 Å². The largest absolute Gasteiger partial charge is 0.465 e. The molecule has 2 aromatic carbocycles. The van der Waals surface area contributed by atoms with Gasteiger partial charge in [-0.1, -0.05) is 12.1 Å². The second-order valence-electron chi connectivity index (χ2n) is 4.58. The van der Waals surface area contributed by atoms with Crippen molar-refractivity contribution < 1.29 is 9.53 Å². The number of carbonyl (C=O) groups is 1. The molecule has 0 bridgehead atoms. The molecule has 1 heterocycles. The smallest absolute Gasteiger partial charge is 0.338 e. The number of hydrogen-bond acceptors (Lipinski definition) is 4. The lowest BCUT2D eigenvalue weighted by atomic mass is 10.1. The normalized spacial score (nSPS) is 10.9. The van der Waals surface area contributed by atoms with Gasteiger partial charge in [-0.2, -0.15) is 0 Å². The summed E-state index contributed by atoms with van der Waals surface area (Å²) in [6.07, 6.45) is 0. The predicted molar refractivity (Wildman–Crippen MR) is 81.7 cm³/mol. The van der Waals surface area contributed by atoms with Crippen LogP contribution in [0.3, 0.4) is 0 Å². The van der Waals surface area contributed by atoms with Crippen LogP contribution in [0.25, 0.3) is 20.2 Å². The van der Waals surface area contributed by atoms with Crippen molar-refractivity contribution >= 4 is 37.5 Å². The van der Waals surface area contributed by atoms with Crippen LogP contribution in [0.4, 0.5) is 0 Å². The Morgan fingerprint density at radius 2 is 1.85 bits per heavy atom. The van der Waals surface area contributed by atoms with E-state index in [1.807, 2.05) is 31.2 Å². The Kier molecular flexibility index (Phi) is 3.03. The molecule has 3 nitrogen and oxygen atoms in total. The van der Waals surface area contributed by atoms with Gasteiger partial charge in [0.05, 0.1) is 12.7 Å². The molecule has 3 rings (SSSR count). The molecule has 3 aromatic rings. The van der Waals surface area contributed by atoms with E-state index in [4.69, 9.17) is 4.74 Å². The summed E-state index contributed by atoms with van der Waals surface area (Å²) in [6, 6.07) is 11.0. The lowest BCUT2D eigenvalue weighted by molar-refractivity contribution is 0.0600. The standard InChI is InChI=1S/C16H12O3S/c1-9-7-12-14(8-11(9)16(18)19-2)20-13-6-4-3-5-10(13)15(12)17/h3-8H,1-2H3. The van der Waals surface area contributed by atoms with Crippen LogP contribution in [0.15, 0.2) is 41.2 Å². The molecule has 20 heavy (non-hydrogen) atoms. The number of methoxy groups -OCH3 is 1. The second kappa shape index (κ2) is 4.72. The highest BCUT2D eigenvalue weighted by Crippen LogP contribution is 2.27. The highest BCUT2D eigenvalue weighted by molar-refractivity contribution is 7.24. The summed E-state index contributed by atoms with van der Waals surface area (Å²) in [7, 11) is 1.36. The molecular formula is C16H12O3S. The van der Waals surface area contributed by atoms with Gasteiger partial charge in [0.1, 0.15) is 0 Å². The average Bonchev–Trinajstić information content (AvgIpc) is 2.47. The SMILES string of the molecule is COC(=O)c1cc2sc3ccccc3c(=O)c2cc1C. The first-order valence-electron chi connectivity index (χ1n) is 6.16. The molecule has 0 aliphatic heterocycles. The zero-order valence-corrected chi connectivity index (χ0v) is 11.9. The van der Waals surface area contributed by atoms with Crippen LogP contribution in [0.1, 0.15) is 15.9 Å². The number of carbonyl (C=O) groups excluding carboxylic acids is 1. The van der Waals surface area contributed by atoms with Gasteiger partial charge in [-0.05, 0) is 36.8 Å². The fourth-order valence-corrected chi connectivity index (χ4v) is 3.38. The van der Waals surface area contributed by atoms with E-state index in [0.29, 0.717) is 10.9 Å². The predicted octanol–water partition coefficient (Wildman–Crippen LogP) is 3.51. The third-order valence-corrected chi connectivity index (χ3v) is 4.46. The topological polar surface area (TPSA) is 43.4 Å². The third-order valence-electron chi connectivity index (χ3n) is 3.33. The molecule has 1 aromatic heterocycles. The number of rotatable bonds is 1. The van der Waals surface area contributed by atoms with Gasteiger partial charge in [0, 0.05) is 20.2 Å². The van der Waals surface area contributed by atoms with E-state index in [2.05, 4.69) is 0 Å². The molecule has 100 valence electrons. The van der Waals surface area contributed by atoms with Crippen LogP contribution in [0, 0.1) is 6.92 Å². The minimum atomic E-state index is -0.378. The summed E-state index contributed by atoms with van der Waals surface area (Å²) in [4.78, 5) is 24.2. The van der Waals surface area contributed by atoms with Crippen molar-refractivity contribution in [2.45, 2.75) is 6.92 Å². The van der Waals surface area contributed by atoms with Crippen molar-refractivity contribution in [3.8, 4) is 0 Å². The second-order valence-corrected chi connectivity index (χ2v) is 5.67. The first-order valence-corrected chi connectivity index (χ1v) is 6.98. The number of fused-ring (bicyclic) bond motifs is 2. The summed E-state index contributed by atoms with van der Waals surface area (Å²) in [5, 5.41) is 1.37. The number of esters is 1. The Bertz CT molecular complexity index is 893. The van der Waals surface area contributed by atoms with Gasteiger partial charge in [0.15, 0.2) is 5.43 Å². The first kappa shape index (κ1) is 12.8. The highest BCUT2D eigenvalue weighted by atomic mass is 32.1. The molecule has 4 heteroatoms. The van der Waals surface area contributed by atoms with Crippen molar-refractivity contribution in [2.75, 3.05) is 7.11 Å². The Hall–Kier alpha value is -2.20. The fraction of sp³-hybridized carbons (Fsp3) is 0.125. The quantitative estimate of drug-likeness (QED) is 0.507. The molecule has 0 N–H and O–H groups in total. The minimum absolute atomic E-state index is 0.00821. The first-order chi connectivity index (χ1) is 9.61. The molecular weight excluding hydrogens is 272 g/mol. The van der Waals surface area contributed by atoms with Gasteiger partial charge in [-0.25, -0.2) is 4.79 Å². The summed E-state index contributed by atoms with van der Waals surface area (Å²) in [5.74, 6) is -0.378. The molecule has 0 radical (unpaired) electrons. The number of aryl methyl sites for hydroxylation is 1. The third kappa shape index (κ3) is 1.89. The van der Waals surface area contributed by atoms with Gasteiger partial charge in [0.2, 0.25) is 0 Å². The summed E-state index contributed by atoms with van der Waals surface area (Å²) < 4.78 is 6.50. The molecule has 0 saturated carbocycles. The van der Waals surface area contributed by atoms with Crippen LogP contribution >= 0.6 is 11.3 Å². The summed E-state index contributed by atoms with van der Waals surface area (Å²) in [6.45, 7) is 1.81. The molecule has 0 spiro atoms. The van der Waals surface area contributed by atoms with Gasteiger partial charge < -0.3 is 4.74 Å². The average molecular weight is 284 g/mol. The van der Waals surface area contributed by atoms with Crippen molar-refractivity contribution in [3.05, 3.63) is 57.7 Å². The lowest BCUT2D eigenvalue weighted by Gasteiger charge is -2.06. The molecule has 0 aliphatic carbocycles.